The Morgan fingerprint density at radius 1 is 1.11 bits per heavy atom. The zero-order valence-corrected chi connectivity index (χ0v) is 17.2. The van der Waals surface area contributed by atoms with Gasteiger partial charge in [0.1, 0.15) is 24.3 Å². The number of rotatable bonds is 8. The Balaban J connectivity index is 3.02. The number of hydrogen-bond donors (Lipinski definition) is 2. The maximum absolute atomic E-state index is 12.9. The van der Waals surface area contributed by atoms with Gasteiger partial charge in [-0.25, -0.2) is 9.59 Å². The van der Waals surface area contributed by atoms with E-state index in [-0.39, 0.29) is 12.5 Å². The second-order valence-corrected chi connectivity index (χ2v) is 7.64. The van der Waals surface area contributed by atoms with Crippen molar-refractivity contribution in [2.75, 3.05) is 6.61 Å². The molecule has 7 heteroatoms. The minimum absolute atomic E-state index is 0.0518. The lowest BCUT2D eigenvalue weighted by Crippen LogP contribution is -2.50. The normalized spacial score (nSPS) is 13.2. The molecular weight excluding hydrogens is 360 g/mol. The first kappa shape index (κ1) is 23.2. The number of carbonyl (C=O) groups is 3. The standard InChI is InChI=1S/C21H30N2O5/c1-7-13-27-19(25)16(14(2)3)22-18(24)17(15-11-9-8-10-12-15)23-20(26)28-21(4,5)6/h7-12,14,16-17H,1,13H2,2-6H3,(H,22,24)(H,23,26)/t16-,17-/m0/s1. The van der Waals surface area contributed by atoms with Crippen LogP contribution >= 0.6 is 0 Å². The van der Waals surface area contributed by atoms with Gasteiger partial charge >= 0.3 is 12.1 Å². The predicted octanol–water partition coefficient (Wildman–Crippen LogP) is 3.12. The van der Waals surface area contributed by atoms with Gasteiger partial charge in [0, 0.05) is 0 Å². The number of nitrogens with one attached hydrogen (secondary N) is 2. The number of alkyl carbamates (subject to hydrolysis) is 1. The fraction of sp³-hybridized carbons (Fsp3) is 0.476. The largest absolute Gasteiger partial charge is 0.460 e. The molecule has 1 aromatic rings. The molecule has 0 aromatic heterocycles. The molecule has 0 radical (unpaired) electrons. The van der Waals surface area contributed by atoms with E-state index in [0.717, 1.165) is 0 Å². The van der Waals surface area contributed by atoms with Crippen LogP contribution < -0.4 is 10.6 Å². The third-order valence-corrected chi connectivity index (χ3v) is 3.62. The number of carbonyl (C=O) groups excluding carboxylic acids is 3. The predicted molar refractivity (Wildman–Crippen MR) is 106 cm³/mol. The molecule has 1 rings (SSSR count). The summed E-state index contributed by atoms with van der Waals surface area (Å²) in [5.41, 5.74) is -0.149. The second-order valence-electron chi connectivity index (χ2n) is 7.64. The first-order valence-corrected chi connectivity index (χ1v) is 9.17. The van der Waals surface area contributed by atoms with Gasteiger partial charge in [-0.3, -0.25) is 4.79 Å². The number of hydrogen-bond acceptors (Lipinski definition) is 5. The molecular formula is C21H30N2O5. The average molecular weight is 390 g/mol. The lowest BCUT2D eigenvalue weighted by Gasteiger charge is -2.26. The third kappa shape index (κ3) is 7.82. The summed E-state index contributed by atoms with van der Waals surface area (Å²) in [6.45, 7) is 12.3. The molecule has 2 amide bonds. The van der Waals surface area contributed by atoms with Crippen molar-refractivity contribution in [1.29, 1.82) is 0 Å². The molecule has 0 aliphatic rings. The van der Waals surface area contributed by atoms with E-state index < -0.39 is 35.7 Å². The highest BCUT2D eigenvalue weighted by molar-refractivity contribution is 5.90. The zero-order chi connectivity index (χ0) is 21.3. The first-order chi connectivity index (χ1) is 13.0. The molecule has 0 fully saturated rings. The molecule has 0 heterocycles. The third-order valence-electron chi connectivity index (χ3n) is 3.62. The zero-order valence-electron chi connectivity index (χ0n) is 17.2. The number of amides is 2. The number of ether oxygens (including phenoxy) is 2. The monoisotopic (exact) mass is 390 g/mol. The Morgan fingerprint density at radius 2 is 1.71 bits per heavy atom. The van der Waals surface area contributed by atoms with E-state index in [1.165, 1.54) is 6.08 Å². The maximum Gasteiger partial charge on any atom is 0.408 e. The number of benzene rings is 1. The molecule has 0 unspecified atom stereocenters. The summed E-state index contributed by atoms with van der Waals surface area (Å²) in [7, 11) is 0. The highest BCUT2D eigenvalue weighted by Gasteiger charge is 2.31. The fourth-order valence-corrected chi connectivity index (χ4v) is 2.34. The van der Waals surface area contributed by atoms with Gasteiger partial charge in [-0.2, -0.15) is 0 Å². The summed E-state index contributed by atoms with van der Waals surface area (Å²) in [5.74, 6) is -1.31. The van der Waals surface area contributed by atoms with Crippen molar-refractivity contribution >= 4 is 18.0 Å². The Morgan fingerprint density at radius 3 is 2.21 bits per heavy atom. The molecule has 2 N–H and O–H groups in total. The van der Waals surface area contributed by atoms with E-state index in [2.05, 4.69) is 17.2 Å². The summed E-state index contributed by atoms with van der Waals surface area (Å²) >= 11 is 0. The van der Waals surface area contributed by atoms with Gasteiger partial charge < -0.3 is 20.1 Å². The van der Waals surface area contributed by atoms with Crippen LogP contribution in [-0.2, 0) is 19.1 Å². The van der Waals surface area contributed by atoms with E-state index >= 15 is 0 Å². The summed E-state index contributed by atoms with van der Waals surface area (Å²) in [6, 6.07) is 6.85. The minimum Gasteiger partial charge on any atom is -0.460 e. The maximum atomic E-state index is 12.9. The van der Waals surface area contributed by atoms with Gasteiger partial charge in [-0.05, 0) is 32.3 Å². The van der Waals surface area contributed by atoms with E-state index in [1.807, 2.05) is 0 Å². The SMILES string of the molecule is C=CCOC(=O)[C@@H](NC(=O)[C@@H](NC(=O)OC(C)(C)C)c1ccccc1)C(C)C. The van der Waals surface area contributed by atoms with E-state index in [0.29, 0.717) is 5.56 Å². The number of esters is 1. The van der Waals surface area contributed by atoms with Crippen molar-refractivity contribution in [1.82, 2.24) is 10.6 Å². The van der Waals surface area contributed by atoms with E-state index in [4.69, 9.17) is 9.47 Å². The molecule has 28 heavy (non-hydrogen) atoms. The van der Waals surface area contributed by atoms with Crippen LogP contribution in [0, 0.1) is 5.92 Å². The van der Waals surface area contributed by atoms with Crippen LogP contribution in [0.25, 0.3) is 0 Å². The fourth-order valence-electron chi connectivity index (χ4n) is 2.34. The quantitative estimate of drug-likeness (QED) is 0.525. The lowest BCUT2D eigenvalue weighted by atomic mass is 10.0. The molecule has 7 nitrogen and oxygen atoms in total. The van der Waals surface area contributed by atoms with Crippen LogP contribution in [0.15, 0.2) is 43.0 Å². The van der Waals surface area contributed by atoms with Crippen molar-refractivity contribution in [2.45, 2.75) is 52.3 Å². The molecule has 0 bridgehead atoms. The second kappa shape index (κ2) is 10.5. The average Bonchev–Trinajstić information content (AvgIpc) is 2.61. The van der Waals surface area contributed by atoms with Gasteiger partial charge in [0.25, 0.3) is 0 Å². The van der Waals surface area contributed by atoms with Crippen LogP contribution in [0.1, 0.15) is 46.2 Å². The van der Waals surface area contributed by atoms with E-state index in [9.17, 15) is 14.4 Å². The van der Waals surface area contributed by atoms with Crippen molar-refractivity contribution in [3.8, 4) is 0 Å². The van der Waals surface area contributed by atoms with Crippen molar-refractivity contribution in [2.24, 2.45) is 5.92 Å². The summed E-state index contributed by atoms with van der Waals surface area (Å²) in [5, 5.41) is 5.25. The molecule has 2 atom stereocenters. The van der Waals surface area contributed by atoms with Gasteiger partial charge in [0.05, 0.1) is 0 Å². The Hall–Kier alpha value is -2.83. The van der Waals surface area contributed by atoms with Crippen LogP contribution in [-0.4, -0.2) is 36.2 Å². The highest BCUT2D eigenvalue weighted by Crippen LogP contribution is 2.16. The van der Waals surface area contributed by atoms with Crippen LogP contribution in [0.5, 0.6) is 0 Å². The van der Waals surface area contributed by atoms with Crippen LogP contribution in [0.3, 0.4) is 0 Å². The first-order valence-electron chi connectivity index (χ1n) is 9.17. The van der Waals surface area contributed by atoms with Gasteiger partial charge in [-0.1, -0.05) is 56.8 Å². The van der Waals surface area contributed by atoms with Crippen molar-refractivity contribution < 1.29 is 23.9 Å². The van der Waals surface area contributed by atoms with Crippen LogP contribution in [0.2, 0.25) is 0 Å². The lowest BCUT2D eigenvalue weighted by molar-refractivity contribution is -0.148. The van der Waals surface area contributed by atoms with Crippen LogP contribution in [0.4, 0.5) is 4.79 Å². The minimum atomic E-state index is -1.02. The van der Waals surface area contributed by atoms with Crippen molar-refractivity contribution in [3.05, 3.63) is 48.6 Å². The molecule has 0 spiro atoms. The summed E-state index contributed by atoms with van der Waals surface area (Å²) in [6.07, 6.45) is 0.723. The van der Waals surface area contributed by atoms with Gasteiger partial charge in [-0.15, -0.1) is 0 Å². The molecule has 0 saturated carbocycles. The summed E-state index contributed by atoms with van der Waals surface area (Å²) < 4.78 is 10.3. The Bertz CT molecular complexity index is 680. The molecule has 154 valence electrons. The van der Waals surface area contributed by atoms with Gasteiger partial charge in [0.2, 0.25) is 5.91 Å². The highest BCUT2D eigenvalue weighted by atomic mass is 16.6. The smallest absolute Gasteiger partial charge is 0.408 e. The topological polar surface area (TPSA) is 93.7 Å². The Labute approximate surface area is 166 Å². The molecule has 0 saturated heterocycles. The summed E-state index contributed by atoms with van der Waals surface area (Å²) in [4.78, 5) is 37.4. The molecule has 0 aliphatic carbocycles. The molecule has 1 aromatic carbocycles. The Kier molecular flexibility index (Phi) is 8.70. The molecule has 0 aliphatic heterocycles. The van der Waals surface area contributed by atoms with E-state index in [1.54, 1.807) is 65.0 Å². The van der Waals surface area contributed by atoms with Gasteiger partial charge in [0.15, 0.2) is 0 Å². The van der Waals surface area contributed by atoms with Crippen molar-refractivity contribution in [3.63, 3.8) is 0 Å².